The molecule has 1 aliphatic rings. The van der Waals surface area contributed by atoms with Crippen molar-refractivity contribution in [2.75, 3.05) is 5.32 Å². The second-order valence-electron chi connectivity index (χ2n) is 6.95. The SMILES string of the molecule is CC(C)Cc1nnc(NC2CCCC(C(C)C)CC2)s1. The Bertz CT molecular complexity index is 400. The van der Waals surface area contributed by atoms with Crippen LogP contribution in [0.2, 0.25) is 0 Å². The largest absolute Gasteiger partial charge is 0.357 e. The molecule has 1 heterocycles. The van der Waals surface area contributed by atoms with E-state index in [2.05, 4.69) is 43.2 Å². The van der Waals surface area contributed by atoms with E-state index in [1.54, 1.807) is 11.3 Å². The highest BCUT2D eigenvalue weighted by atomic mass is 32.1. The van der Waals surface area contributed by atoms with Crippen molar-refractivity contribution < 1.29 is 0 Å². The fourth-order valence-corrected chi connectivity index (χ4v) is 4.09. The van der Waals surface area contributed by atoms with Gasteiger partial charge in [0.2, 0.25) is 5.13 Å². The highest BCUT2D eigenvalue weighted by Crippen LogP contribution is 2.30. The van der Waals surface area contributed by atoms with Crippen LogP contribution in [0.5, 0.6) is 0 Å². The molecule has 2 atom stereocenters. The molecule has 1 saturated carbocycles. The van der Waals surface area contributed by atoms with Crippen LogP contribution in [0.4, 0.5) is 5.13 Å². The fraction of sp³-hybridized carbons (Fsp3) is 0.875. The molecule has 3 nitrogen and oxygen atoms in total. The van der Waals surface area contributed by atoms with E-state index in [0.29, 0.717) is 12.0 Å². The summed E-state index contributed by atoms with van der Waals surface area (Å²) in [6.45, 7) is 9.18. The van der Waals surface area contributed by atoms with Crippen LogP contribution >= 0.6 is 11.3 Å². The van der Waals surface area contributed by atoms with Gasteiger partial charge in [0.15, 0.2) is 0 Å². The van der Waals surface area contributed by atoms with Crippen LogP contribution in [0.1, 0.15) is 64.8 Å². The second kappa shape index (κ2) is 7.39. The Hall–Kier alpha value is -0.640. The molecule has 0 amide bonds. The molecule has 0 aromatic carbocycles. The van der Waals surface area contributed by atoms with Crippen LogP contribution in [-0.4, -0.2) is 16.2 Å². The maximum Gasteiger partial charge on any atom is 0.205 e. The van der Waals surface area contributed by atoms with Crippen LogP contribution in [0.25, 0.3) is 0 Å². The summed E-state index contributed by atoms with van der Waals surface area (Å²) in [5.74, 6) is 2.39. The summed E-state index contributed by atoms with van der Waals surface area (Å²) < 4.78 is 0. The van der Waals surface area contributed by atoms with Crippen LogP contribution in [0, 0.1) is 17.8 Å². The minimum Gasteiger partial charge on any atom is -0.357 e. The van der Waals surface area contributed by atoms with Crippen LogP contribution in [0.3, 0.4) is 0 Å². The molecule has 1 aromatic heterocycles. The van der Waals surface area contributed by atoms with Gasteiger partial charge < -0.3 is 5.32 Å². The topological polar surface area (TPSA) is 37.8 Å². The van der Waals surface area contributed by atoms with Crippen molar-refractivity contribution in [1.29, 1.82) is 0 Å². The van der Waals surface area contributed by atoms with Crippen LogP contribution in [-0.2, 0) is 6.42 Å². The zero-order chi connectivity index (χ0) is 14.5. The van der Waals surface area contributed by atoms with Crippen molar-refractivity contribution in [2.45, 2.75) is 72.3 Å². The summed E-state index contributed by atoms with van der Waals surface area (Å²) in [4.78, 5) is 0. The summed E-state index contributed by atoms with van der Waals surface area (Å²) in [5.41, 5.74) is 0. The molecular weight excluding hydrogens is 266 g/mol. The van der Waals surface area contributed by atoms with E-state index >= 15 is 0 Å². The summed E-state index contributed by atoms with van der Waals surface area (Å²) in [6, 6.07) is 0.596. The first-order valence-electron chi connectivity index (χ1n) is 8.13. The third-order valence-corrected chi connectivity index (χ3v) is 5.21. The van der Waals surface area contributed by atoms with Gasteiger partial charge in [-0.1, -0.05) is 51.9 Å². The Morgan fingerprint density at radius 1 is 1.10 bits per heavy atom. The highest BCUT2D eigenvalue weighted by molar-refractivity contribution is 7.15. The lowest BCUT2D eigenvalue weighted by Crippen LogP contribution is -2.18. The van der Waals surface area contributed by atoms with E-state index < -0.39 is 0 Å². The molecule has 4 heteroatoms. The normalized spacial score (nSPS) is 24.1. The smallest absolute Gasteiger partial charge is 0.205 e. The molecule has 20 heavy (non-hydrogen) atoms. The Morgan fingerprint density at radius 3 is 2.60 bits per heavy atom. The number of rotatable bonds is 5. The summed E-state index contributed by atoms with van der Waals surface area (Å²) in [7, 11) is 0. The number of nitrogens with zero attached hydrogens (tertiary/aromatic N) is 2. The van der Waals surface area contributed by atoms with Crippen LogP contribution in [0.15, 0.2) is 0 Å². The van der Waals surface area contributed by atoms with Crippen molar-refractivity contribution in [3.8, 4) is 0 Å². The van der Waals surface area contributed by atoms with Crippen LogP contribution < -0.4 is 5.32 Å². The standard InChI is InChI=1S/C16H29N3S/c1-11(2)10-15-18-19-16(20-15)17-14-7-5-6-13(8-9-14)12(3)4/h11-14H,5-10H2,1-4H3,(H,17,19). The van der Waals surface area contributed by atoms with Gasteiger partial charge in [-0.2, -0.15) is 0 Å². The molecule has 0 saturated heterocycles. The van der Waals surface area contributed by atoms with Crippen molar-refractivity contribution >= 4 is 16.5 Å². The quantitative estimate of drug-likeness (QED) is 0.796. The van der Waals surface area contributed by atoms with Gasteiger partial charge in [0.25, 0.3) is 0 Å². The Balaban J connectivity index is 1.85. The average Bonchev–Trinajstić information content (AvgIpc) is 2.65. The molecular formula is C16H29N3S. The zero-order valence-corrected chi connectivity index (χ0v) is 14.2. The highest BCUT2D eigenvalue weighted by Gasteiger charge is 2.21. The number of hydrogen-bond donors (Lipinski definition) is 1. The van der Waals surface area contributed by atoms with Crippen molar-refractivity contribution in [1.82, 2.24) is 10.2 Å². The monoisotopic (exact) mass is 295 g/mol. The average molecular weight is 295 g/mol. The fourth-order valence-electron chi connectivity index (χ4n) is 3.06. The molecule has 1 aliphatic carbocycles. The summed E-state index contributed by atoms with van der Waals surface area (Å²) in [6.07, 6.45) is 7.69. The first kappa shape index (κ1) is 15.7. The predicted octanol–water partition coefficient (Wildman–Crippen LogP) is 4.75. The van der Waals surface area contributed by atoms with Crippen molar-refractivity contribution in [3.63, 3.8) is 0 Å². The lowest BCUT2D eigenvalue weighted by molar-refractivity contribution is 0.341. The summed E-state index contributed by atoms with van der Waals surface area (Å²) in [5, 5.41) is 14.4. The van der Waals surface area contributed by atoms with Gasteiger partial charge in [-0.25, -0.2) is 0 Å². The van der Waals surface area contributed by atoms with Gasteiger partial charge in [-0.05, 0) is 37.0 Å². The minimum absolute atomic E-state index is 0.596. The maximum atomic E-state index is 4.31. The molecule has 0 aliphatic heterocycles. The van der Waals surface area contributed by atoms with Gasteiger partial charge in [0, 0.05) is 12.5 Å². The Labute approximate surface area is 127 Å². The predicted molar refractivity (Wildman–Crippen MR) is 87.3 cm³/mol. The molecule has 1 aromatic rings. The third kappa shape index (κ3) is 4.72. The maximum absolute atomic E-state index is 4.31. The second-order valence-corrected chi connectivity index (χ2v) is 8.01. The lowest BCUT2D eigenvalue weighted by atomic mass is 9.89. The van der Waals surface area contributed by atoms with Gasteiger partial charge >= 0.3 is 0 Å². The first-order chi connectivity index (χ1) is 9.54. The molecule has 114 valence electrons. The van der Waals surface area contributed by atoms with Gasteiger partial charge in [0.05, 0.1) is 0 Å². The van der Waals surface area contributed by atoms with Crippen molar-refractivity contribution in [2.24, 2.45) is 17.8 Å². The number of aromatic nitrogens is 2. The van der Waals surface area contributed by atoms with E-state index in [0.717, 1.165) is 28.4 Å². The Kier molecular flexibility index (Phi) is 5.82. The third-order valence-electron chi connectivity index (χ3n) is 4.33. The van der Waals surface area contributed by atoms with E-state index in [-0.39, 0.29) is 0 Å². The van der Waals surface area contributed by atoms with E-state index in [1.807, 2.05) is 0 Å². The molecule has 0 spiro atoms. The molecule has 0 bridgehead atoms. The molecule has 2 unspecified atom stereocenters. The lowest BCUT2D eigenvalue weighted by Gasteiger charge is -2.18. The van der Waals surface area contributed by atoms with E-state index in [4.69, 9.17) is 0 Å². The van der Waals surface area contributed by atoms with Gasteiger partial charge in [0.1, 0.15) is 5.01 Å². The molecule has 1 N–H and O–H groups in total. The van der Waals surface area contributed by atoms with Gasteiger partial charge in [-0.15, -0.1) is 10.2 Å². The van der Waals surface area contributed by atoms with E-state index in [9.17, 15) is 0 Å². The van der Waals surface area contributed by atoms with Crippen molar-refractivity contribution in [3.05, 3.63) is 5.01 Å². The minimum atomic E-state index is 0.596. The number of hydrogen-bond acceptors (Lipinski definition) is 4. The molecule has 2 rings (SSSR count). The summed E-state index contributed by atoms with van der Waals surface area (Å²) >= 11 is 1.74. The molecule has 0 radical (unpaired) electrons. The molecule has 1 fully saturated rings. The number of nitrogens with one attached hydrogen (secondary N) is 1. The Morgan fingerprint density at radius 2 is 1.90 bits per heavy atom. The first-order valence-corrected chi connectivity index (χ1v) is 8.95. The zero-order valence-electron chi connectivity index (χ0n) is 13.4. The van der Waals surface area contributed by atoms with E-state index in [1.165, 1.54) is 32.1 Å². The number of anilines is 1. The van der Waals surface area contributed by atoms with Gasteiger partial charge in [-0.3, -0.25) is 0 Å².